The van der Waals surface area contributed by atoms with Crippen molar-refractivity contribution >= 4 is 49.9 Å². The summed E-state index contributed by atoms with van der Waals surface area (Å²) >= 11 is 0. The van der Waals surface area contributed by atoms with E-state index in [9.17, 15) is 0 Å². The summed E-state index contributed by atoms with van der Waals surface area (Å²) in [5.41, 5.74) is 18.2. The molecule has 9 rings (SSSR count). The molecule has 3 aliphatic rings. The maximum absolute atomic E-state index is 4.04. The first-order valence-corrected chi connectivity index (χ1v) is 18.7. The molecule has 52 heavy (non-hydrogen) atoms. The molecule has 2 nitrogen and oxygen atoms in total. The Bertz CT molecular complexity index is 2540. The molecule has 0 radical (unpaired) electrons. The first-order chi connectivity index (χ1) is 25.5. The van der Waals surface area contributed by atoms with Gasteiger partial charge in [-0.2, -0.15) is 0 Å². The van der Waals surface area contributed by atoms with Gasteiger partial charge in [0.1, 0.15) is 0 Å². The van der Waals surface area contributed by atoms with Gasteiger partial charge in [-0.3, -0.25) is 0 Å². The van der Waals surface area contributed by atoms with Crippen LogP contribution in [0, 0.1) is 0 Å². The van der Waals surface area contributed by atoms with E-state index in [4.69, 9.17) is 0 Å². The van der Waals surface area contributed by atoms with E-state index >= 15 is 0 Å². The molecule has 6 aromatic rings. The number of anilines is 2. The van der Waals surface area contributed by atoms with Crippen LogP contribution in [-0.4, -0.2) is 4.57 Å². The van der Waals surface area contributed by atoms with Crippen molar-refractivity contribution in [3.63, 3.8) is 0 Å². The van der Waals surface area contributed by atoms with Crippen LogP contribution >= 0.6 is 0 Å². The van der Waals surface area contributed by atoms with Gasteiger partial charge in [0.15, 0.2) is 0 Å². The molecule has 0 saturated carbocycles. The zero-order valence-electron chi connectivity index (χ0n) is 30.4. The normalized spacial score (nSPS) is 16.5. The molecule has 254 valence electrons. The SMILES string of the molecule is C=C/C(=C\C)c1ccc(N(C2=CC=C(c3ccc4c(c3)c3ccccc3n4-c3ccccc3)CC2)c2ccc3c(c2)C(C)(C)C2=C3CCC=C2)cc1. The van der Waals surface area contributed by atoms with E-state index in [0.717, 1.165) is 31.3 Å². The Kier molecular flexibility index (Phi) is 7.85. The van der Waals surface area contributed by atoms with Crippen LogP contribution in [0.25, 0.3) is 44.2 Å². The summed E-state index contributed by atoms with van der Waals surface area (Å²) in [4.78, 5) is 2.49. The van der Waals surface area contributed by atoms with Crippen LogP contribution in [0.4, 0.5) is 11.4 Å². The molecule has 0 unspecified atom stereocenters. The highest BCUT2D eigenvalue weighted by Crippen LogP contribution is 2.51. The van der Waals surface area contributed by atoms with E-state index in [1.54, 1.807) is 0 Å². The predicted octanol–water partition coefficient (Wildman–Crippen LogP) is 13.7. The Morgan fingerprint density at radius 2 is 1.52 bits per heavy atom. The molecule has 0 amide bonds. The highest BCUT2D eigenvalue weighted by Gasteiger charge is 2.37. The minimum atomic E-state index is -0.0196. The van der Waals surface area contributed by atoms with Gasteiger partial charge in [-0.25, -0.2) is 0 Å². The van der Waals surface area contributed by atoms with Gasteiger partial charge in [-0.05, 0) is 138 Å². The maximum atomic E-state index is 4.04. The molecule has 0 fully saturated rings. The summed E-state index contributed by atoms with van der Waals surface area (Å²) in [5, 5.41) is 2.58. The van der Waals surface area contributed by atoms with Crippen LogP contribution in [0.1, 0.15) is 68.7 Å². The lowest BCUT2D eigenvalue weighted by Gasteiger charge is -2.32. The molecule has 0 spiro atoms. The highest BCUT2D eigenvalue weighted by molar-refractivity contribution is 6.10. The Hall–Kier alpha value is -5.86. The molecule has 3 aliphatic carbocycles. The van der Waals surface area contributed by atoms with E-state index in [1.165, 1.54) is 83.5 Å². The van der Waals surface area contributed by atoms with Gasteiger partial charge in [0.25, 0.3) is 0 Å². The third-order valence-electron chi connectivity index (χ3n) is 11.6. The summed E-state index contributed by atoms with van der Waals surface area (Å²) < 4.78 is 2.39. The molecule has 2 heteroatoms. The van der Waals surface area contributed by atoms with Crippen molar-refractivity contribution in [1.82, 2.24) is 4.57 Å². The molecule has 0 N–H and O–H groups in total. The molecule has 0 atom stereocenters. The molecular formula is C50H44N2. The number of nitrogens with zero attached hydrogens (tertiary/aromatic N) is 2. The van der Waals surface area contributed by atoms with Crippen molar-refractivity contribution < 1.29 is 0 Å². The van der Waals surface area contributed by atoms with Crippen molar-refractivity contribution in [2.45, 2.75) is 51.9 Å². The minimum Gasteiger partial charge on any atom is -0.314 e. The lowest BCUT2D eigenvalue weighted by Crippen LogP contribution is -2.20. The molecule has 5 aromatic carbocycles. The average molecular weight is 673 g/mol. The Labute approximate surface area is 307 Å². The summed E-state index contributed by atoms with van der Waals surface area (Å²) in [5.74, 6) is 0. The molecule has 1 heterocycles. The van der Waals surface area contributed by atoms with E-state index in [-0.39, 0.29) is 5.41 Å². The predicted molar refractivity (Wildman–Crippen MR) is 223 cm³/mol. The van der Waals surface area contributed by atoms with Gasteiger partial charge >= 0.3 is 0 Å². The monoisotopic (exact) mass is 672 g/mol. The third-order valence-corrected chi connectivity index (χ3v) is 11.6. The van der Waals surface area contributed by atoms with Crippen molar-refractivity contribution in [3.05, 3.63) is 192 Å². The molecule has 0 bridgehead atoms. The number of aromatic nitrogens is 1. The number of hydrogen-bond donors (Lipinski definition) is 0. The number of para-hydroxylation sites is 2. The van der Waals surface area contributed by atoms with Gasteiger partial charge in [0, 0.05) is 38.9 Å². The lowest BCUT2D eigenvalue weighted by atomic mass is 9.80. The van der Waals surface area contributed by atoms with Crippen molar-refractivity contribution in [3.8, 4) is 5.69 Å². The maximum Gasteiger partial charge on any atom is 0.0541 e. The summed E-state index contributed by atoms with van der Waals surface area (Å²) in [6.07, 6.45) is 17.7. The number of rotatable bonds is 7. The van der Waals surface area contributed by atoms with E-state index in [2.05, 4.69) is 182 Å². The number of hydrogen-bond acceptors (Lipinski definition) is 1. The summed E-state index contributed by atoms with van der Waals surface area (Å²) in [6, 6.07) is 42.7. The topological polar surface area (TPSA) is 8.17 Å². The van der Waals surface area contributed by atoms with Crippen LogP contribution < -0.4 is 4.90 Å². The zero-order chi connectivity index (χ0) is 35.4. The Morgan fingerprint density at radius 1 is 0.750 bits per heavy atom. The van der Waals surface area contributed by atoms with Gasteiger partial charge < -0.3 is 9.47 Å². The van der Waals surface area contributed by atoms with Crippen LogP contribution in [0.3, 0.4) is 0 Å². The second-order valence-corrected chi connectivity index (χ2v) is 14.8. The molecule has 1 aromatic heterocycles. The highest BCUT2D eigenvalue weighted by atomic mass is 15.1. The van der Waals surface area contributed by atoms with E-state index < -0.39 is 0 Å². The van der Waals surface area contributed by atoms with Crippen molar-refractivity contribution in [2.24, 2.45) is 0 Å². The third kappa shape index (κ3) is 5.16. The van der Waals surface area contributed by atoms with Gasteiger partial charge in [0.2, 0.25) is 0 Å². The first kappa shape index (κ1) is 32.1. The number of benzene rings is 5. The number of allylic oxidation sites excluding steroid dienone is 11. The van der Waals surface area contributed by atoms with Gasteiger partial charge in [-0.1, -0.05) is 111 Å². The second kappa shape index (κ2) is 12.7. The van der Waals surface area contributed by atoms with Crippen LogP contribution in [0.5, 0.6) is 0 Å². The van der Waals surface area contributed by atoms with Crippen LogP contribution in [0.15, 0.2) is 170 Å². The Morgan fingerprint density at radius 3 is 2.29 bits per heavy atom. The van der Waals surface area contributed by atoms with Crippen molar-refractivity contribution in [1.29, 1.82) is 0 Å². The zero-order valence-corrected chi connectivity index (χ0v) is 30.4. The lowest BCUT2D eigenvalue weighted by molar-refractivity contribution is 0.651. The molecule has 0 saturated heterocycles. The van der Waals surface area contributed by atoms with Crippen LogP contribution in [0.2, 0.25) is 0 Å². The van der Waals surface area contributed by atoms with Crippen LogP contribution in [-0.2, 0) is 5.41 Å². The molecule has 0 aliphatic heterocycles. The summed E-state index contributed by atoms with van der Waals surface area (Å²) in [7, 11) is 0. The fourth-order valence-electron chi connectivity index (χ4n) is 8.89. The van der Waals surface area contributed by atoms with E-state index in [1.807, 2.05) is 6.08 Å². The quantitative estimate of drug-likeness (QED) is 0.153. The standard InChI is InChI=1S/C50H44N2/c1-5-34(6-2)35-20-25-39(26-21-35)51(41-29-30-43-42-16-10-12-18-46(42)50(3,4)47(43)33-41)40-27-22-36(23-28-40)37-24-31-49-45(32-37)44-17-11-13-19-48(44)52(49)38-14-8-7-9-15-38/h5-9,11-15,17-22,24-27,29-33H,1,10,16,23,28H2,2-4H3/b34-6+. The number of fused-ring (bicyclic) bond motifs is 5. The first-order valence-electron chi connectivity index (χ1n) is 18.7. The van der Waals surface area contributed by atoms with Crippen molar-refractivity contribution in [2.75, 3.05) is 4.90 Å². The van der Waals surface area contributed by atoms with Gasteiger partial charge in [0.05, 0.1) is 11.0 Å². The van der Waals surface area contributed by atoms with Gasteiger partial charge in [-0.15, -0.1) is 0 Å². The largest absolute Gasteiger partial charge is 0.314 e. The fourth-order valence-corrected chi connectivity index (χ4v) is 8.89. The smallest absolute Gasteiger partial charge is 0.0541 e. The Balaban J connectivity index is 1.13. The van der Waals surface area contributed by atoms with E-state index in [0.29, 0.717) is 0 Å². The minimum absolute atomic E-state index is 0.0196. The summed E-state index contributed by atoms with van der Waals surface area (Å²) in [6.45, 7) is 10.9. The average Bonchev–Trinajstić information content (AvgIpc) is 3.64. The second-order valence-electron chi connectivity index (χ2n) is 14.8. The molecular weight excluding hydrogens is 629 g/mol. The fraction of sp³-hybridized carbons (Fsp3) is 0.160.